The van der Waals surface area contributed by atoms with E-state index in [1.54, 1.807) is 0 Å². The molecule has 130 valence electrons. The van der Waals surface area contributed by atoms with Crippen LogP contribution < -0.4 is 10.6 Å². The second-order valence-electron chi connectivity index (χ2n) is 7.68. The first kappa shape index (κ1) is 19.3. The number of alkyl carbamates (subject to hydrolysis) is 1. The molecule has 0 aromatic carbocycles. The van der Waals surface area contributed by atoms with E-state index in [1.165, 1.54) is 25.7 Å². The lowest BCUT2D eigenvalue weighted by atomic mass is 9.99. The summed E-state index contributed by atoms with van der Waals surface area (Å²) in [5.41, 5.74) is -0.423. The molecule has 1 aliphatic rings. The molecule has 0 saturated heterocycles. The van der Waals surface area contributed by atoms with E-state index >= 15 is 0 Å². The second kappa shape index (κ2) is 9.39. The first-order valence-corrected chi connectivity index (χ1v) is 9.07. The molecular weight excluding hydrogens is 276 g/mol. The predicted molar refractivity (Wildman–Crippen MR) is 92.1 cm³/mol. The van der Waals surface area contributed by atoms with Crippen molar-refractivity contribution in [2.75, 3.05) is 6.54 Å². The smallest absolute Gasteiger partial charge is 0.407 e. The highest BCUT2D eigenvalue weighted by Gasteiger charge is 2.27. The standard InChI is InChI=1S/C18H36N2O2/c1-6-8-9-14(7-2)13-19-15-10-11-16(12-15)20-17(21)22-18(3,4)5/h14-16,19H,6-13H2,1-5H3,(H,20,21). The van der Waals surface area contributed by atoms with E-state index < -0.39 is 5.60 Å². The lowest BCUT2D eigenvalue weighted by Gasteiger charge is -2.22. The van der Waals surface area contributed by atoms with Crippen molar-refractivity contribution in [1.82, 2.24) is 10.6 Å². The Hall–Kier alpha value is -0.770. The van der Waals surface area contributed by atoms with Crippen molar-refractivity contribution < 1.29 is 9.53 Å². The Bertz CT molecular complexity index is 326. The van der Waals surface area contributed by atoms with Gasteiger partial charge < -0.3 is 15.4 Å². The topological polar surface area (TPSA) is 50.4 Å². The Kier molecular flexibility index (Phi) is 8.23. The number of carbonyl (C=O) groups excluding carboxylic acids is 1. The summed E-state index contributed by atoms with van der Waals surface area (Å²) < 4.78 is 5.32. The maximum absolute atomic E-state index is 11.8. The molecule has 0 heterocycles. The number of carbonyl (C=O) groups is 1. The van der Waals surface area contributed by atoms with E-state index in [1.807, 2.05) is 20.8 Å². The van der Waals surface area contributed by atoms with E-state index in [0.717, 1.165) is 31.7 Å². The van der Waals surface area contributed by atoms with Gasteiger partial charge >= 0.3 is 6.09 Å². The molecule has 3 atom stereocenters. The minimum atomic E-state index is -0.423. The average molecular weight is 312 g/mol. The molecule has 4 heteroatoms. The number of hydrogen-bond donors (Lipinski definition) is 2. The summed E-state index contributed by atoms with van der Waals surface area (Å²) in [7, 11) is 0. The number of unbranched alkanes of at least 4 members (excludes halogenated alkanes) is 1. The van der Waals surface area contributed by atoms with Crippen LogP contribution >= 0.6 is 0 Å². The molecule has 3 unspecified atom stereocenters. The third-order valence-corrected chi connectivity index (χ3v) is 4.39. The van der Waals surface area contributed by atoms with Crippen LogP contribution in [0.15, 0.2) is 0 Å². The molecule has 1 saturated carbocycles. The third kappa shape index (κ3) is 8.02. The maximum atomic E-state index is 11.8. The molecule has 2 N–H and O–H groups in total. The van der Waals surface area contributed by atoms with Crippen LogP contribution in [0.5, 0.6) is 0 Å². The highest BCUT2D eigenvalue weighted by atomic mass is 16.6. The molecule has 4 nitrogen and oxygen atoms in total. The fraction of sp³-hybridized carbons (Fsp3) is 0.944. The molecule has 0 aromatic rings. The van der Waals surface area contributed by atoms with Gasteiger partial charge in [0.2, 0.25) is 0 Å². The average Bonchev–Trinajstić information content (AvgIpc) is 2.84. The van der Waals surface area contributed by atoms with Gasteiger partial charge in [-0.15, -0.1) is 0 Å². The summed E-state index contributed by atoms with van der Waals surface area (Å²) in [6.07, 6.45) is 8.10. The van der Waals surface area contributed by atoms with Gasteiger partial charge in [0.05, 0.1) is 0 Å². The Morgan fingerprint density at radius 3 is 2.50 bits per heavy atom. The molecule has 0 aromatic heterocycles. The van der Waals surface area contributed by atoms with Crippen LogP contribution in [0.1, 0.15) is 79.6 Å². The van der Waals surface area contributed by atoms with Crippen LogP contribution in [-0.4, -0.2) is 30.3 Å². The van der Waals surface area contributed by atoms with Crippen molar-refractivity contribution in [2.24, 2.45) is 5.92 Å². The minimum absolute atomic E-state index is 0.253. The maximum Gasteiger partial charge on any atom is 0.407 e. The number of ether oxygens (including phenoxy) is 1. The lowest BCUT2D eigenvalue weighted by molar-refractivity contribution is 0.0505. The molecule has 0 radical (unpaired) electrons. The van der Waals surface area contributed by atoms with Gasteiger partial charge in [-0.05, 0) is 58.9 Å². The van der Waals surface area contributed by atoms with E-state index in [9.17, 15) is 4.79 Å². The van der Waals surface area contributed by atoms with Crippen molar-refractivity contribution in [2.45, 2.75) is 97.2 Å². The Balaban J connectivity index is 2.23. The van der Waals surface area contributed by atoms with Gasteiger partial charge in [-0.2, -0.15) is 0 Å². The number of nitrogens with one attached hydrogen (secondary N) is 2. The summed E-state index contributed by atoms with van der Waals surface area (Å²) in [6, 6.07) is 0.790. The van der Waals surface area contributed by atoms with Crippen LogP contribution in [0, 0.1) is 5.92 Å². The molecule has 22 heavy (non-hydrogen) atoms. The van der Waals surface area contributed by atoms with Gasteiger partial charge in [0.25, 0.3) is 0 Å². The van der Waals surface area contributed by atoms with Crippen molar-refractivity contribution >= 4 is 6.09 Å². The summed E-state index contributed by atoms with van der Waals surface area (Å²) in [6.45, 7) is 11.3. The zero-order chi connectivity index (χ0) is 16.6. The fourth-order valence-electron chi connectivity index (χ4n) is 3.05. The first-order chi connectivity index (χ1) is 10.3. The number of hydrogen-bond acceptors (Lipinski definition) is 3. The third-order valence-electron chi connectivity index (χ3n) is 4.39. The molecule has 1 amide bonds. The Morgan fingerprint density at radius 2 is 1.91 bits per heavy atom. The Morgan fingerprint density at radius 1 is 1.23 bits per heavy atom. The van der Waals surface area contributed by atoms with Crippen molar-refractivity contribution in [3.05, 3.63) is 0 Å². The molecule has 1 rings (SSSR count). The van der Waals surface area contributed by atoms with Crippen molar-refractivity contribution in [3.8, 4) is 0 Å². The van der Waals surface area contributed by atoms with Crippen LogP contribution in [-0.2, 0) is 4.74 Å². The number of amides is 1. The van der Waals surface area contributed by atoms with E-state index in [-0.39, 0.29) is 12.1 Å². The minimum Gasteiger partial charge on any atom is -0.444 e. The first-order valence-electron chi connectivity index (χ1n) is 9.07. The molecule has 0 spiro atoms. The monoisotopic (exact) mass is 312 g/mol. The van der Waals surface area contributed by atoms with Gasteiger partial charge in [0.1, 0.15) is 5.60 Å². The van der Waals surface area contributed by atoms with E-state index in [2.05, 4.69) is 24.5 Å². The van der Waals surface area contributed by atoms with Crippen LogP contribution in [0.3, 0.4) is 0 Å². The zero-order valence-electron chi connectivity index (χ0n) is 15.2. The SMILES string of the molecule is CCCCC(CC)CNC1CCC(NC(=O)OC(C)(C)C)C1. The van der Waals surface area contributed by atoms with Gasteiger partial charge in [-0.1, -0.05) is 33.1 Å². The van der Waals surface area contributed by atoms with Gasteiger partial charge in [-0.25, -0.2) is 4.79 Å². The lowest BCUT2D eigenvalue weighted by Crippen LogP contribution is -2.39. The normalized spacial score (nSPS) is 23.3. The zero-order valence-corrected chi connectivity index (χ0v) is 15.2. The summed E-state index contributed by atoms with van der Waals surface area (Å²) in [5, 5.41) is 6.70. The summed E-state index contributed by atoms with van der Waals surface area (Å²) in [5.74, 6) is 0.790. The van der Waals surface area contributed by atoms with Gasteiger partial charge in [0.15, 0.2) is 0 Å². The van der Waals surface area contributed by atoms with Crippen LogP contribution in [0.4, 0.5) is 4.79 Å². The molecule has 0 aliphatic heterocycles. The molecular formula is C18H36N2O2. The van der Waals surface area contributed by atoms with Crippen LogP contribution in [0.25, 0.3) is 0 Å². The van der Waals surface area contributed by atoms with Crippen molar-refractivity contribution in [3.63, 3.8) is 0 Å². The molecule has 1 fully saturated rings. The number of rotatable bonds is 8. The van der Waals surface area contributed by atoms with Gasteiger partial charge in [0, 0.05) is 12.1 Å². The van der Waals surface area contributed by atoms with E-state index in [0.29, 0.717) is 6.04 Å². The Labute approximate surface area is 136 Å². The summed E-state index contributed by atoms with van der Waals surface area (Å²) >= 11 is 0. The fourth-order valence-corrected chi connectivity index (χ4v) is 3.05. The highest BCUT2D eigenvalue weighted by molar-refractivity contribution is 5.68. The van der Waals surface area contributed by atoms with Crippen molar-refractivity contribution in [1.29, 1.82) is 0 Å². The summed E-state index contributed by atoms with van der Waals surface area (Å²) in [4.78, 5) is 11.8. The largest absolute Gasteiger partial charge is 0.444 e. The molecule has 0 bridgehead atoms. The highest BCUT2D eigenvalue weighted by Crippen LogP contribution is 2.21. The second-order valence-corrected chi connectivity index (χ2v) is 7.68. The van der Waals surface area contributed by atoms with E-state index in [4.69, 9.17) is 4.74 Å². The van der Waals surface area contributed by atoms with Gasteiger partial charge in [-0.3, -0.25) is 0 Å². The quantitative estimate of drug-likeness (QED) is 0.705. The molecule has 1 aliphatic carbocycles. The van der Waals surface area contributed by atoms with Crippen LogP contribution in [0.2, 0.25) is 0 Å². The predicted octanol–water partition coefficient (Wildman–Crippen LogP) is 4.24.